The van der Waals surface area contributed by atoms with E-state index in [2.05, 4.69) is 26.7 Å². The first kappa shape index (κ1) is 23.0. The van der Waals surface area contributed by atoms with Crippen LogP contribution in [0.5, 0.6) is 0 Å². The van der Waals surface area contributed by atoms with Crippen LogP contribution in [-0.4, -0.2) is 38.4 Å². The molecule has 2 heterocycles. The maximum Gasteiger partial charge on any atom is 0.446 e. The summed E-state index contributed by atoms with van der Waals surface area (Å²) in [6.07, 6.45) is 3.78. The van der Waals surface area contributed by atoms with E-state index in [0.29, 0.717) is 18.4 Å². The van der Waals surface area contributed by atoms with Gasteiger partial charge in [-0.25, -0.2) is 9.97 Å². The van der Waals surface area contributed by atoms with Crippen LogP contribution in [0.25, 0.3) is 0 Å². The minimum Gasteiger partial charge on any atom is -0.371 e. The number of anilines is 2. The summed E-state index contributed by atoms with van der Waals surface area (Å²) >= 11 is -0.354. The van der Waals surface area contributed by atoms with Crippen LogP contribution in [0.2, 0.25) is 0 Å². The maximum absolute atomic E-state index is 12.9. The minimum absolute atomic E-state index is 0.0246. The Kier molecular flexibility index (Phi) is 6.56. The molecule has 1 aliphatic rings. The predicted octanol–water partition coefficient (Wildman–Crippen LogP) is 4.07. The number of pyridine rings is 2. The van der Waals surface area contributed by atoms with Gasteiger partial charge in [-0.05, 0) is 42.3 Å². The van der Waals surface area contributed by atoms with Crippen molar-refractivity contribution in [1.82, 2.24) is 9.97 Å². The van der Waals surface area contributed by atoms with Crippen molar-refractivity contribution in [1.29, 1.82) is 5.26 Å². The van der Waals surface area contributed by atoms with Gasteiger partial charge in [0.25, 0.3) is 5.91 Å². The molecule has 0 bridgehead atoms. The summed E-state index contributed by atoms with van der Waals surface area (Å²) in [7, 11) is -0.0315. The molecule has 12 heteroatoms. The Morgan fingerprint density at radius 3 is 2.58 bits per heavy atom. The normalized spacial score (nSPS) is 15.6. The second-order valence-electron chi connectivity index (χ2n) is 6.72. The monoisotopic (exact) mass is 469 g/mol. The van der Waals surface area contributed by atoms with Crippen LogP contribution in [0, 0.1) is 11.3 Å². The van der Waals surface area contributed by atoms with Crippen molar-refractivity contribution < 1.29 is 22.2 Å². The standard InChI is InChI=1S/C19H18F3N5O2S2/c1-3-31(29)14-6-11(18(10-23)4-5-18)8-25-15(14)17(28)27-13-7-12(30-19(20,21)22)9-26-16(13)24-2/h6-9H,3-5H2,1-2H3,(H,24,26)(H,27,28). The number of aromatic nitrogens is 2. The van der Waals surface area contributed by atoms with Crippen molar-refractivity contribution in [3.05, 3.63) is 35.8 Å². The molecule has 1 aliphatic carbocycles. The van der Waals surface area contributed by atoms with Crippen LogP contribution in [0.3, 0.4) is 0 Å². The molecule has 2 aromatic heterocycles. The van der Waals surface area contributed by atoms with E-state index in [1.807, 2.05) is 0 Å². The average molecular weight is 470 g/mol. The van der Waals surface area contributed by atoms with Crippen molar-refractivity contribution in [2.24, 2.45) is 0 Å². The Balaban J connectivity index is 1.95. The van der Waals surface area contributed by atoms with Gasteiger partial charge in [-0.15, -0.1) is 0 Å². The van der Waals surface area contributed by atoms with Gasteiger partial charge in [0.2, 0.25) is 0 Å². The number of thioether (sulfide) groups is 1. The van der Waals surface area contributed by atoms with Crippen LogP contribution in [0.1, 0.15) is 35.8 Å². The van der Waals surface area contributed by atoms with E-state index >= 15 is 0 Å². The molecule has 164 valence electrons. The molecule has 1 fully saturated rings. The van der Waals surface area contributed by atoms with E-state index in [4.69, 9.17) is 0 Å². The highest BCUT2D eigenvalue weighted by Gasteiger charge is 2.45. The third-order valence-electron chi connectivity index (χ3n) is 4.67. The third kappa shape index (κ3) is 5.16. The lowest BCUT2D eigenvalue weighted by molar-refractivity contribution is -0.0328. The van der Waals surface area contributed by atoms with Gasteiger partial charge in [-0.2, -0.15) is 18.4 Å². The molecule has 31 heavy (non-hydrogen) atoms. The molecule has 0 aromatic carbocycles. The summed E-state index contributed by atoms with van der Waals surface area (Å²) in [5.41, 5.74) is -4.66. The minimum atomic E-state index is -4.51. The second kappa shape index (κ2) is 8.84. The summed E-state index contributed by atoms with van der Waals surface area (Å²) < 4.78 is 50.7. The van der Waals surface area contributed by atoms with E-state index in [0.717, 1.165) is 12.3 Å². The highest BCUT2D eigenvalue weighted by molar-refractivity contribution is 8.00. The zero-order valence-electron chi connectivity index (χ0n) is 16.5. The summed E-state index contributed by atoms with van der Waals surface area (Å²) in [4.78, 5) is 20.9. The van der Waals surface area contributed by atoms with Gasteiger partial charge in [0.05, 0.1) is 32.9 Å². The van der Waals surface area contributed by atoms with Crippen LogP contribution in [-0.2, 0) is 16.2 Å². The van der Waals surface area contributed by atoms with Gasteiger partial charge >= 0.3 is 5.51 Å². The fourth-order valence-corrected chi connectivity index (χ4v) is 4.39. The highest BCUT2D eigenvalue weighted by Crippen LogP contribution is 2.47. The molecule has 2 N–H and O–H groups in total. The lowest BCUT2D eigenvalue weighted by Crippen LogP contribution is -2.19. The van der Waals surface area contributed by atoms with Crippen molar-refractivity contribution in [3.63, 3.8) is 0 Å². The molecule has 0 spiro atoms. The Bertz CT molecular complexity index is 1080. The summed E-state index contributed by atoms with van der Waals surface area (Å²) in [5.74, 6) is -0.347. The Labute approximate surface area is 183 Å². The fraction of sp³-hybridized carbons (Fsp3) is 0.368. The number of halogens is 3. The number of rotatable bonds is 7. The van der Waals surface area contributed by atoms with E-state index in [-0.39, 0.29) is 44.5 Å². The van der Waals surface area contributed by atoms with E-state index in [1.54, 1.807) is 13.0 Å². The first-order valence-electron chi connectivity index (χ1n) is 9.17. The summed E-state index contributed by atoms with van der Waals surface area (Å²) in [5, 5.41) is 14.6. The summed E-state index contributed by atoms with van der Waals surface area (Å²) in [6.45, 7) is 1.68. The lowest BCUT2D eigenvalue weighted by Gasteiger charge is -2.15. The van der Waals surface area contributed by atoms with Crippen molar-refractivity contribution in [2.75, 3.05) is 23.4 Å². The number of carbonyl (C=O) groups excluding carboxylic acids is 1. The molecule has 2 aromatic rings. The molecular formula is C19H18F3N5O2S2. The quantitative estimate of drug-likeness (QED) is 0.589. The van der Waals surface area contributed by atoms with Gasteiger partial charge < -0.3 is 10.6 Å². The molecule has 1 saturated carbocycles. The molecule has 0 aliphatic heterocycles. The number of nitrogens with one attached hydrogen (secondary N) is 2. The number of alkyl halides is 3. The van der Waals surface area contributed by atoms with E-state index in [9.17, 15) is 27.4 Å². The number of hydrogen-bond donors (Lipinski definition) is 2. The lowest BCUT2D eigenvalue weighted by atomic mass is 9.99. The van der Waals surface area contributed by atoms with Crippen LogP contribution >= 0.6 is 11.8 Å². The van der Waals surface area contributed by atoms with Crippen LogP contribution in [0.4, 0.5) is 24.7 Å². The zero-order chi connectivity index (χ0) is 22.8. The fourth-order valence-electron chi connectivity index (χ4n) is 2.91. The van der Waals surface area contributed by atoms with Gasteiger partial charge in [-0.1, -0.05) is 6.92 Å². The topological polar surface area (TPSA) is 108 Å². The molecule has 3 rings (SSSR count). The third-order valence-corrected chi connectivity index (χ3v) is 6.69. The second-order valence-corrected chi connectivity index (χ2v) is 9.56. The number of hydrogen-bond acceptors (Lipinski definition) is 7. The van der Waals surface area contributed by atoms with Crippen molar-refractivity contribution in [3.8, 4) is 6.07 Å². The van der Waals surface area contributed by atoms with Gasteiger partial charge in [0.1, 0.15) is 11.5 Å². The number of nitrogens with zero attached hydrogens (tertiary/aromatic N) is 3. The molecule has 0 radical (unpaired) electrons. The van der Waals surface area contributed by atoms with Crippen molar-refractivity contribution in [2.45, 2.75) is 40.5 Å². The highest BCUT2D eigenvalue weighted by atomic mass is 32.2. The van der Waals surface area contributed by atoms with Crippen LogP contribution in [0.15, 0.2) is 34.3 Å². The predicted molar refractivity (Wildman–Crippen MR) is 111 cm³/mol. The van der Waals surface area contributed by atoms with E-state index < -0.39 is 27.6 Å². The smallest absolute Gasteiger partial charge is 0.371 e. The van der Waals surface area contributed by atoms with Crippen LogP contribution < -0.4 is 10.6 Å². The Morgan fingerprint density at radius 1 is 1.32 bits per heavy atom. The summed E-state index contributed by atoms with van der Waals surface area (Å²) in [6, 6.07) is 4.94. The largest absolute Gasteiger partial charge is 0.446 e. The molecule has 1 amide bonds. The first-order chi connectivity index (χ1) is 14.6. The van der Waals surface area contributed by atoms with Gasteiger partial charge in [-0.3, -0.25) is 9.00 Å². The molecule has 0 saturated heterocycles. The molecule has 7 nitrogen and oxygen atoms in total. The van der Waals surface area contributed by atoms with Crippen molar-refractivity contribution >= 4 is 40.0 Å². The molecule has 1 unspecified atom stereocenters. The Morgan fingerprint density at radius 2 is 2.03 bits per heavy atom. The van der Waals surface area contributed by atoms with Gasteiger partial charge in [0.15, 0.2) is 0 Å². The zero-order valence-corrected chi connectivity index (χ0v) is 18.2. The number of carbonyl (C=O) groups is 1. The first-order valence-corrected chi connectivity index (χ1v) is 11.3. The average Bonchev–Trinajstić information content (AvgIpc) is 3.53. The van der Waals surface area contributed by atoms with E-state index in [1.165, 1.54) is 13.2 Å². The maximum atomic E-state index is 12.9. The SMILES string of the molecule is CCS(=O)c1cc(C2(C#N)CC2)cnc1C(=O)Nc1cc(SC(F)(F)F)cnc1NC. The van der Waals surface area contributed by atoms with Gasteiger partial charge in [0, 0.05) is 30.1 Å². The Hall–Kier alpha value is -2.65. The molecular weight excluding hydrogens is 451 g/mol. The molecule has 1 atom stereocenters. The number of nitriles is 1. The number of amides is 1.